The van der Waals surface area contributed by atoms with E-state index in [0.29, 0.717) is 18.0 Å². The lowest BCUT2D eigenvalue weighted by atomic mass is 9.78. The number of benzene rings is 1. The summed E-state index contributed by atoms with van der Waals surface area (Å²) in [5, 5.41) is 0. The topological polar surface area (TPSA) is 55.8 Å². The first-order valence-electron chi connectivity index (χ1n) is 7.64. The first-order valence-corrected chi connectivity index (χ1v) is 7.64. The van der Waals surface area contributed by atoms with Gasteiger partial charge in [0.05, 0.1) is 18.6 Å². The Kier molecular flexibility index (Phi) is 4.16. The molecule has 0 spiro atoms. The number of hydrogen-bond donors (Lipinski definition) is 0. The van der Waals surface area contributed by atoms with E-state index >= 15 is 0 Å². The lowest BCUT2D eigenvalue weighted by Gasteiger charge is -2.34. The maximum absolute atomic E-state index is 12.3. The van der Waals surface area contributed by atoms with E-state index in [1.807, 2.05) is 6.07 Å². The minimum atomic E-state index is -0.408. The summed E-state index contributed by atoms with van der Waals surface area (Å²) in [6, 6.07) is 9.26. The van der Waals surface area contributed by atoms with Crippen molar-refractivity contribution in [1.29, 1.82) is 0 Å². The predicted molar refractivity (Wildman–Crippen MR) is 80.3 cm³/mol. The van der Waals surface area contributed by atoms with Crippen molar-refractivity contribution in [2.24, 2.45) is 11.8 Å². The molecular weight excluding hydrogens is 282 g/mol. The smallest absolute Gasteiger partial charge is 0.338 e. The summed E-state index contributed by atoms with van der Waals surface area (Å²) in [5.41, 5.74) is 0.511. The molecule has 1 heterocycles. The second kappa shape index (κ2) is 6.08. The van der Waals surface area contributed by atoms with Gasteiger partial charge in [-0.05, 0) is 31.5 Å². The highest BCUT2D eigenvalue weighted by atomic mass is 16.6. The molecule has 22 heavy (non-hydrogen) atoms. The van der Waals surface area contributed by atoms with Crippen LogP contribution in [0.25, 0.3) is 0 Å². The summed E-state index contributed by atoms with van der Waals surface area (Å²) in [7, 11) is 3.45. The van der Waals surface area contributed by atoms with Crippen molar-refractivity contribution in [1.82, 2.24) is 4.90 Å². The molecule has 0 amide bonds. The maximum Gasteiger partial charge on any atom is 0.338 e. The largest absolute Gasteiger partial charge is 0.469 e. The van der Waals surface area contributed by atoms with Crippen molar-refractivity contribution in [3.05, 3.63) is 35.9 Å². The van der Waals surface area contributed by atoms with E-state index in [0.717, 1.165) is 13.0 Å². The molecule has 2 bridgehead atoms. The van der Waals surface area contributed by atoms with Gasteiger partial charge in [0, 0.05) is 19.0 Å². The summed E-state index contributed by atoms with van der Waals surface area (Å²) >= 11 is 0. The van der Waals surface area contributed by atoms with Gasteiger partial charge in [-0.15, -0.1) is 0 Å². The molecule has 118 valence electrons. The number of nitrogens with zero attached hydrogens (tertiary/aromatic N) is 1. The van der Waals surface area contributed by atoms with Gasteiger partial charge in [0.25, 0.3) is 0 Å². The molecule has 2 fully saturated rings. The first kappa shape index (κ1) is 15.0. The zero-order chi connectivity index (χ0) is 15.7. The molecule has 1 aliphatic carbocycles. The normalized spacial score (nSPS) is 30.8. The fourth-order valence-electron chi connectivity index (χ4n) is 3.76. The lowest BCUT2D eigenvalue weighted by molar-refractivity contribution is -0.153. The fraction of sp³-hybridized carbons (Fsp3) is 0.529. The number of likely N-dealkylation sites (tertiary alicyclic amines) is 1. The van der Waals surface area contributed by atoms with Gasteiger partial charge in [-0.1, -0.05) is 18.2 Å². The van der Waals surface area contributed by atoms with Gasteiger partial charge in [-0.3, -0.25) is 4.79 Å². The van der Waals surface area contributed by atoms with Crippen LogP contribution >= 0.6 is 0 Å². The molecule has 2 aliphatic rings. The van der Waals surface area contributed by atoms with Crippen molar-refractivity contribution < 1.29 is 19.1 Å². The van der Waals surface area contributed by atoms with E-state index in [4.69, 9.17) is 9.47 Å². The van der Waals surface area contributed by atoms with Crippen molar-refractivity contribution in [2.45, 2.75) is 25.0 Å². The zero-order valence-corrected chi connectivity index (χ0v) is 12.9. The first-order chi connectivity index (χ1) is 10.6. The van der Waals surface area contributed by atoms with Crippen LogP contribution < -0.4 is 0 Å². The van der Waals surface area contributed by atoms with Crippen molar-refractivity contribution in [3.8, 4) is 0 Å². The Balaban J connectivity index is 1.78. The van der Waals surface area contributed by atoms with E-state index in [9.17, 15) is 9.59 Å². The van der Waals surface area contributed by atoms with Crippen LogP contribution in [0.1, 0.15) is 23.2 Å². The van der Waals surface area contributed by atoms with Crippen LogP contribution in [-0.4, -0.2) is 49.7 Å². The van der Waals surface area contributed by atoms with Crippen LogP contribution in [0.4, 0.5) is 0 Å². The van der Waals surface area contributed by atoms with Crippen LogP contribution in [0.5, 0.6) is 0 Å². The minimum absolute atomic E-state index is 0.199. The van der Waals surface area contributed by atoms with Gasteiger partial charge in [0.2, 0.25) is 0 Å². The highest BCUT2D eigenvalue weighted by molar-refractivity contribution is 5.89. The van der Waals surface area contributed by atoms with Crippen LogP contribution in [0.3, 0.4) is 0 Å². The monoisotopic (exact) mass is 303 g/mol. The van der Waals surface area contributed by atoms with Gasteiger partial charge < -0.3 is 14.4 Å². The molecule has 0 radical (unpaired) electrons. The minimum Gasteiger partial charge on any atom is -0.469 e. The molecule has 1 saturated carbocycles. The molecule has 5 heteroatoms. The third kappa shape index (κ3) is 2.73. The molecule has 0 aromatic heterocycles. The quantitative estimate of drug-likeness (QED) is 0.796. The molecule has 0 N–H and O–H groups in total. The molecule has 3 rings (SSSR count). The number of hydrogen-bond acceptors (Lipinski definition) is 5. The molecular formula is C17H21NO4. The molecule has 1 aromatic carbocycles. The third-order valence-electron chi connectivity index (χ3n) is 4.87. The van der Waals surface area contributed by atoms with Crippen LogP contribution in [-0.2, 0) is 14.3 Å². The number of rotatable bonds is 3. The number of carbonyl (C=O) groups is 2. The number of fused-ring (bicyclic) bond motifs is 2. The number of methoxy groups -OCH3 is 1. The second-order valence-electron chi connectivity index (χ2n) is 6.18. The maximum atomic E-state index is 12.3. The summed E-state index contributed by atoms with van der Waals surface area (Å²) in [4.78, 5) is 26.7. The van der Waals surface area contributed by atoms with E-state index < -0.39 is 6.10 Å². The Bertz CT molecular complexity index is 557. The molecule has 4 atom stereocenters. The highest BCUT2D eigenvalue weighted by Gasteiger charge is 2.50. The summed E-state index contributed by atoms with van der Waals surface area (Å²) in [6.07, 6.45) is 1.25. The number of carbonyl (C=O) groups excluding carboxylic acids is 2. The van der Waals surface area contributed by atoms with Gasteiger partial charge in [0.1, 0.15) is 6.10 Å². The average molecular weight is 303 g/mol. The Morgan fingerprint density at radius 2 is 1.91 bits per heavy atom. The second-order valence-corrected chi connectivity index (χ2v) is 6.18. The standard InChI is InChI=1S/C17H21NO4/c1-18-10-12-8-13(18)9-14(15(12)17(20)21-2)22-16(19)11-6-4-3-5-7-11/h3-7,12-15H,8-10H2,1-2H3/t12?,13-,14?,15?/m1/s1. The number of ether oxygens (including phenoxy) is 2. The van der Waals surface area contributed by atoms with Crippen molar-refractivity contribution in [3.63, 3.8) is 0 Å². The van der Waals surface area contributed by atoms with Gasteiger partial charge >= 0.3 is 11.9 Å². The Hall–Kier alpha value is -1.88. The van der Waals surface area contributed by atoms with E-state index in [2.05, 4.69) is 11.9 Å². The van der Waals surface area contributed by atoms with E-state index in [1.165, 1.54) is 7.11 Å². The highest BCUT2D eigenvalue weighted by Crippen LogP contribution is 2.41. The summed E-state index contributed by atoms with van der Waals surface area (Å²) < 4.78 is 10.6. The van der Waals surface area contributed by atoms with Crippen LogP contribution in [0, 0.1) is 11.8 Å². The molecule has 5 nitrogen and oxygen atoms in total. The molecule has 1 aromatic rings. The Morgan fingerprint density at radius 3 is 2.59 bits per heavy atom. The molecule has 1 saturated heterocycles. The average Bonchev–Trinajstić information content (AvgIpc) is 2.82. The Labute approximate surface area is 130 Å². The molecule has 1 aliphatic heterocycles. The lowest BCUT2D eigenvalue weighted by Crippen LogP contribution is -2.43. The predicted octanol–water partition coefficient (Wildman–Crippen LogP) is 1.73. The van der Waals surface area contributed by atoms with Crippen LogP contribution in [0.2, 0.25) is 0 Å². The SMILES string of the molecule is COC(=O)C1C2C[C@H](CC1OC(=O)c1ccccc1)N(C)C2. The van der Waals surface area contributed by atoms with Gasteiger partial charge in [0.15, 0.2) is 0 Å². The van der Waals surface area contributed by atoms with Gasteiger partial charge in [-0.2, -0.15) is 0 Å². The molecule has 3 unspecified atom stereocenters. The van der Waals surface area contributed by atoms with E-state index in [-0.39, 0.29) is 23.8 Å². The zero-order valence-electron chi connectivity index (χ0n) is 12.9. The fourth-order valence-corrected chi connectivity index (χ4v) is 3.76. The van der Waals surface area contributed by atoms with Crippen molar-refractivity contribution >= 4 is 11.9 Å². The van der Waals surface area contributed by atoms with Gasteiger partial charge in [-0.25, -0.2) is 4.79 Å². The Morgan fingerprint density at radius 1 is 1.18 bits per heavy atom. The number of esters is 2. The summed E-state index contributed by atoms with van der Waals surface area (Å²) in [6.45, 7) is 0.851. The summed E-state index contributed by atoms with van der Waals surface area (Å²) in [5.74, 6) is -0.809. The third-order valence-corrected chi connectivity index (χ3v) is 4.87. The van der Waals surface area contributed by atoms with E-state index in [1.54, 1.807) is 24.3 Å². The van der Waals surface area contributed by atoms with Crippen molar-refractivity contribution in [2.75, 3.05) is 20.7 Å². The van der Waals surface area contributed by atoms with Crippen LogP contribution in [0.15, 0.2) is 30.3 Å².